The van der Waals surface area contributed by atoms with Crippen molar-refractivity contribution in [1.82, 2.24) is 4.98 Å². The highest BCUT2D eigenvalue weighted by Crippen LogP contribution is 2.42. The quantitative estimate of drug-likeness (QED) is 0.664. The lowest BCUT2D eigenvalue weighted by molar-refractivity contribution is -0.385. The minimum atomic E-state index is -0.502. The molecule has 1 aromatic rings. The number of nitro groups is 1. The summed E-state index contributed by atoms with van der Waals surface area (Å²) < 4.78 is 0.271. The van der Waals surface area contributed by atoms with E-state index >= 15 is 0 Å². The molecular weight excluding hydrogens is 274 g/mol. The molecule has 2 rings (SSSR count). The molecule has 0 bridgehead atoms. The van der Waals surface area contributed by atoms with E-state index in [2.05, 4.69) is 16.6 Å². The minimum Gasteiger partial charge on any atom is -0.367 e. The molecule has 1 saturated carbocycles. The summed E-state index contributed by atoms with van der Waals surface area (Å²) in [6.45, 7) is 0.790. The maximum absolute atomic E-state index is 10.6. The fourth-order valence-corrected chi connectivity index (χ4v) is 3.07. The number of rotatable bonds is 5. The van der Waals surface area contributed by atoms with Crippen LogP contribution in [0.25, 0.3) is 0 Å². The average Bonchev–Trinajstić information content (AvgIpc) is 2.29. The molecule has 0 aliphatic heterocycles. The van der Waals surface area contributed by atoms with Gasteiger partial charge in [0.2, 0.25) is 0 Å². The van der Waals surface area contributed by atoms with Gasteiger partial charge in [0.15, 0.2) is 0 Å². The first-order valence-electron chi connectivity index (χ1n) is 5.65. The number of hydrogen-bond acceptors (Lipinski definition) is 5. The largest absolute Gasteiger partial charge is 0.367 e. The van der Waals surface area contributed by atoms with Crippen LogP contribution in [0.1, 0.15) is 19.3 Å². The van der Waals surface area contributed by atoms with Crippen LogP contribution in [0.4, 0.5) is 11.5 Å². The molecule has 0 atom stereocenters. The maximum Gasteiger partial charge on any atom is 0.289 e. The molecule has 0 saturated heterocycles. The molecular formula is C11H14ClN3O2S. The van der Waals surface area contributed by atoms with E-state index < -0.39 is 4.92 Å². The zero-order valence-corrected chi connectivity index (χ0v) is 11.6. The Kier molecular flexibility index (Phi) is 3.97. The van der Waals surface area contributed by atoms with Crippen LogP contribution in [0.2, 0.25) is 5.02 Å². The molecule has 98 valence electrons. The number of nitrogens with one attached hydrogen (secondary N) is 1. The normalized spacial score (nSPS) is 17.0. The van der Waals surface area contributed by atoms with Gasteiger partial charge < -0.3 is 5.32 Å². The van der Waals surface area contributed by atoms with Crippen molar-refractivity contribution < 1.29 is 4.92 Å². The number of aromatic nitrogens is 1. The predicted molar refractivity (Wildman–Crippen MR) is 74.5 cm³/mol. The summed E-state index contributed by atoms with van der Waals surface area (Å²) in [4.78, 5) is 14.1. The van der Waals surface area contributed by atoms with Gasteiger partial charge in [0, 0.05) is 17.4 Å². The van der Waals surface area contributed by atoms with E-state index in [9.17, 15) is 10.1 Å². The van der Waals surface area contributed by atoms with E-state index in [-0.39, 0.29) is 10.4 Å². The van der Waals surface area contributed by atoms with E-state index in [0.717, 1.165) is 6.54 Å². The van der Waals surface area contributed by atoms with Crippen LogP contribution in [0.3, 0.4) is 0 Å². The fraction of sp³-hybridized carbons (Fsp3) is 0.545. The lowest BCUT2D eigenvalue weighted by Crippen LogP contribution is -2.40. The van der Waals surface area contributed by atoms with Crippen LogP contribution in [-0.4, -0.2) is 27.5 Å². The molecule has 1 aliphatic rings. The lowest BCUT2D eigenvalue weighted by atomic mass is 9.84. The minimum absolute atomic E-state index is 0.0891. The molecule has 1 N–H and O–H groups in total. The summed E-state index contributed by atoms with van der Waals surface area (Å²) in [6, 6.07) is 1.32. The summed E-state index contributed by atoms with van der Waals surface area (Å²) >= 11 is 7.82. The van der Waals surface area contributed by atoms with Gasteiger partial charge in [-0.2, -0.15) is 11.8 Å². The van der Waals surface area contributed by atoms with Crippen molar-refractivity contribution in [2.75, 3.05) is 18.1 Å². The molecule has 0 unspecified atom stereocenters. The molecule has 1 fully saturated rings. The highest BCUT2D eigenvalue weighted by atomic mass is 35.5. The predicted octanol–water partition coefficient (Wildman–Crippen LogP) is 3.34. The van der Waals surface area contributed by atoms with E-state index in [4.69, 9.17) is 11.6 Å². The van der Waals surface area contributed by atoms with Crippen molar-refractivity contribution in [2.45, 2.75) is 24.0 Å². The van der Waals surface area contributed by atoms with E-state index in [1.54, 1.807) is 0 Å². The second-order valence-electron chi connectivity index (χ2n) is 4.38. The Morgan fingerprint density at radius 3 is 2.83 bits per heavy atom. The van der Waals surface area contributed by atoms with Gasteiger partial charge in [-0.1, -0.05) is 18.0 Å². The molecule has 7 heteroatoms. The van der Waals surface area contributed by atoms with Crippen LogP contribution in [0, 0.1) is 10.1 Å². The second kappa shape index (κ2) is 5.32. The number of thioether (sulfide) groups is 1. The fourth-order valence-electron chi connectivity index (χ4n) is 1.93. The van der Waals surface area contributed by atoms with Gasteiger partial charge in [-0.05, 0) is 19.1 Å². The topological polar surface area (TPSA) is 68.1 Å². The molecule has 1 aliphatic carbocycles. The summed E-state index contributed by atoms with van der Waals surface area (Å²) in [7, 11) is 0. The monoisotopic (exact) mass is 287 g/mol. The Hall–Kier alpha value is -1.01. The van der Waals surface area contributed by atoms with Crippen LogP contribution in [0.5, 0.6) is 0 Å². The van der Waals surface area contributed by atoms with Gasteiger partial charge in [0.25, 0.3) is 5.69 Å². The lowest BCUT2D eigenvalue weighted by Gasteiger charge is -2.40. The number of anilines is 1. The Morgan fingerprint density at radius 2 is 2.39 bits per heavy atom. The number of nitrogens with zero attached hydrogens (tertiary/aromatic N) is 2. The zero-order valence-electron chi connectivity index (χ0n) is 9.98. The first-order valence-corrected chi connectivity index (χ1v) is 7.25. The van der Waals surface area contributed by atoms with Crippen molar-refractivity contribution in [3.63, 3.8) is 0 Å². The van der Waals surface area contributed by atoms with Crippen molar-refractivity contribution in [3.05, 3.63) is 27.4 Å². The van der Waals surface area contributed by atoms with E-state index in [0.29, 0.717) is 10.8 Å². The highest BCUT2D eigenvalue weighted by molar-refractivity contribution is 8.00. The highest BCUT2D eigenvalue weighted by Gasteiger charge is 2.36. The standard InChI is InChI=1S/C11H14ClN3O2S/c1-18-11(3-2-4-11)7-14-10-9(12)5-8(6-13-10)15(16)17/h5-6H,2-4,7H2,1H3,(H,13,14). The van der Waals surface area contributed by atoms with Gasteiger partial charge in [0.05, 0.1) is 9.95 Å². The molecule has 1 aromatic heterocycles. The van der Waals surface area contributed by atoms with Gasteiger partial charge in [-0.15, -0.1) is 0 Å². The van der Waals surface area contributed by atoms with Crippen molar-refractivity contribution in [2.24, 2.45) is 0 Å². The van der Waals surface area contributed by atoms with E-state index in [1.165, 1.54) is 31.5 Å². The Bertz CT molecular complexity index is 460. The van der Waals surface area contributed by atoms with Crippen LogP contribution < -0.4 is 5.32 Å². The number of hydrogen-bond donors (Lipinski definition) is 1. The van der Waals surface area contributed by atoms with Crippen molar-refractivity contribution >= 4 is 34.9 Å². The number of pyridine rings is 1. The summed E-state index contributed by atoms with van der Waals surface area (Å²) in [5, 5.41) is 14.0. The molecule has 18 heavy (non-hydrogen) atoms. The molecule has 0 radical (unpaired) electrons. The first-order chi connectivity index (χ1) is 8.56. The SMILES string of the molecule is CSC1(CNc2ncc([N+](=O)[O-])cc2Cl)CCC1. The first kappa shape index (κ1) is 13.4. The second-order valence-corrected chi connectivity index (χ2v) is 6.06. The summed E-state index contributed by atoms with van der Waals surface area (Å²) in [5.74, 6) is 0.516. The molecule has 0 aromatic carbocycles. The average molecular weight is 288 g/mol. The van der Waals surface area contributed by atoms with Crippen molar-refractivity contribution in [3.8, 4) is 0 Å². The molecule has 0 amide bonds. The van der Waals surface area contributed by atoms with Gasteiger partial charge in [-0.3, -0.25) is 10.1 Å². The summed E-state index contributed by atoms with van der Waals surface area (Å²) in [5.41, 5.74) is -0.0891. The van der Waals surface area contributed by atoms with Crippen molar-refractivity contribution in [1.29, 1.82) is 0 Å². The Morgan fingerprint density at radius 1 is 1.67 bits per heavy atom. The molecule has 1 heterocycles. The third-order valence-electron chi connectivity index (χ3n) is 3.31. The Labute approximate surface area is 114 Å². The number of halogens is 1. The third kappa shape index (κ3) is 2.70. The van der Waals surface area contributed by atoms with E-state index in [1.807, 2.05) is 11.8 Å². The van der Waals surface area contributed by atoms with Gasteiger partial charge >= 0.3 is 0 Å². The smallest absolute Gasteiger partial charge is 0.289 e. The van der Waals surface area contributed by atoms with Crippen LogP contribution in [-0.2, 0) is 0 Å². The Balaban J connectivity index is 2.03. The maximum atomic E-state index is 10.6. The molecule has 0 spiro atoms. The third-order valence-corrected chi connectivity index (χ3v) is 5.02. The molecule has 5 nitrogen and oxygen atoms in total. The van der Waals surface area contributed by atoms with Crippen LogP contribution in [0.15, 0.2) is 12.3 Å². The van der Waals surface area contributed by atoms with Gasteiger partial charge in [-0.25, -0.2) is 4.98 Å². The van der Waals surface area contributed by atoms with Gasteiger partial charge in [0.1, 0.15) is 12.0 Å². The summed E-state index contributed by atoms with van der Waals surface area (Å²) in [6.07, 6.45) is 6.95. The van der Waals surface area contributed by atoms with Crippen LogP contribution >= 0.6 is 23.4 Å². The zero-order chi connectivity index (χ0) is 13.2.